The molecule has 2 aromatic carbocycles. The highest BCUT2D eigenvalue weighted by Crippen LogP contribution is 2.47. The highest BCUT2D eigenvalue weighted by atomic mass is 79.9. The lowest BCUT2D eigenvalue weighted by atomic mass is 10.2. The van der Waals surface area contributed by atoms with E-state index < -0.39 is 0 Å². The second kappa shape index (κ2) is 8.04. The van der Waals surface area contributed by atoms with Crippen molar-refractivity contribution in [2.75, 3.05) is 12.5 Å². The van der Waals surface area contributed by atoms with Gasteiger partial charge in [-0.1, -0.05) is 47.8 Å². The van der Waals surface area contributed by atoms with Gasteiger partial charge in [0.1, 0.15) is 4.60 Å². The lowest BCUT2D eigenvalue weighted by Gasteiger charge is -2.10. The highest BCUT2D eigenvalue weighted by Gasteiger charge is 2.24. The number of thioether (sulfide) groups is 2. The van der Waals surface area contributed by atoms with Gasteiger partial charge >= 0.3 is 0 Å². The van der Waals surface area contributed by atoms with Crippen LogP contribution in [-0.2, 0) is 0 Å². The molecule has 0 spiro atoms. The van der Waals surface area contributed by atoms with Gasteiger partial charge in [-0.2, -0.15) is 0 Å². The summed E-state index contributed by atoms with van der Waals surface area (Å²) in [6, 6.07) is 8.46. The van der Waals surface area contributed by atoms with Crippen LogP contribution >= 0.6 is 103 Å². The smallest absolute Gasteiger partial charge is 0.104 e. The van der Waals surface area contributed by atoms with Crippen LogP contribution in [-0.4, -0.2) is 22.1 Å². The maximum absolute atomic E-state index is 3.88. The molecule has 0 amide bonds. The third-order valence-corrected chi connectivity index (χ3v) is 8.96. The van der Waals surface area contributed by atoms with E-state index in [9.17, 15) is 0 Å². The zero-order valence-electron chi connectivity index (χ0n) is 14.0. The summed E-state index contributed by atoms with van der Waals surface area (Å²) in [5.74, 6) is 0. The summed E-state index contributed by atoms with van der Waals surface area (Å²) in [6.07, 6.45) is 4.20. The average Bonchev–Trinajstić information content (AvgIpc) is 3.08. The maximum Gasteiger partial charge on any atom is 0.104 e. The molecular weight excluding hydrogens is 708 g/mol. The number of fused-ring (bicyclic) bond motifs is 2. The van der Waals surface area contributed by atoms with Crippen LogP contribution in [0.1, 0.15) is 0 Å². The van der Waals surface area contributed by atoms with E-state index in [4.69, 9.17) is 0 Å². The Bertz CT molecular complexity index is 1210. The molecular formula is C18H11Br5N2S2. The van der Waals surface area contributed by atoms with Crippen LogP contribution in [0.2, 0.25) is 0 Å². The summed E-state index contributed by atoms with van der Waals surface area (Å²) >= 11 is 22.1. The quantitative estimate of drug-likeness (QED) is 0.213. The van der Waals surface area contributed by atoms with E-state index in [1.54, 1.807) is 23.5 Å². The van der Waals surface area contributed by atoms with Crippen LogP contribution in [0.15, 0.2) is 56.7 Å². The molecule has 1 N–H and O–H groups in total. The van der Waals surface area contributed by atoms with Crippen molar-refractivity contribution in [3.05, 3.63) is 46.8 Å². The van der Waals surface area contributed by atoms with Crippen LogP contribution < -0.4 is 0 Å². The molecule has 0 unspecified atom stereocenters. The number of hydrogen-bond donors (Lipinski definition) is 1. The lowest BCUT2D eigenvalue weighted by Crippen LogP contribution is -1.96. The van der Waals surface area contributed by atoms with Crippen molar-refractivity contribution in [3.8, 4) is 5.69 Å². The standard InChI is InChI=1S/C18H11Br5N2S2/c1-26-16-14-10(22)4-8(20)6-12(14)25(17(16)23)15-13-9(21)3-7(19)5-11(13)24-18(15)27-2/h3-6,24H,1-2H3. The first-order chi connectivity index (χ1) is 12.9. The Kier molecular flexibility index (Phi) is 6.22. The number of rotatable bonds is 3. The molecule has 140 valence electrons. The second-order valence-electron chi connectivity index (χ2n) is 5.76. The van der Waals surface area contributed by atoms with Gasteiger partial charge in [-0.05, 0) is 68.6 Å². The van der Waals surface area contributed by atoms with E-state index in [0.29, 0.717) is 0 Å². The van der Waals surface area contributed by atoms with Gasteiger partial charge in [0.15, 0.2) is 0 Å². The Balaban J connectivity index is 2.23. The third kappa shape index (κ3) is 3.43. The summed E-state index contributed by atoms with van der Waals surface area (Å²) in [5.41, 5.74) is 3.36. The molecule has 2 aromatic heterocycles. The minimum absolute atomic E-state index is 1.04. The monoisotopic (exact) mass is 714 g/mol. The molecule has 0 aliphatic heterocycles. The Labute approximate surface area is 207 Å². The van der Waals surface area contributed by atoms with Crippen LogP contribution in [0.4, 0.5) is 0 Å². The molecule has 4 rings (SSSR count). The first-order valence-electron chi connectivity index (χ1n) is 7.65. The number of hydrogen-bond acceptors (Lipinski definition) is 2. The summed E-state index contributed by atoms with van der Waals surface area (Å²) in [4.78, 5) is 4.78. The Hall–Kier alpha value is 0.620. The van der Waals surface area contributed by atoms with Crippen molar-refractivity contribution >= 4 is 125 Å². The van der Waals surface area contributed by atoms with Gasteiger partial charge in [0.25, 0.3) is 0 Å². The summed E-state index contributed by atoms with van der Waals surface area (Å²) < 4.78 is 7.53. The number of nitrogens with one attached hydrogen (secondary N) is 1. The van der Waals surface area contributed by atoms with Crippen molar-refractivity contribution in [2.45, 2.75) is 9.92 Å². The molecule has 0 bridgehead atoms. The lowest BCUT2D eigenvalue weighted by molar-refractivity contribution is 1.03. The molecule has 0 aliphatic carbocycles. The largest absolute Gasteiger partial charge is 0.348 e. The molecule has 2 nitrogen and oxygen atoms in total. The number of H-pyrrole nitrogens is 1. The molecule has 0 fully saturated rings. The van der Waals surface area contributed by atoms with Crippen LogP contribution in [0.5, 0.6) is 0 Å². The van der Waals surface area contributed by atoms with Gasteiger partial charge in [0, 0.05) is 33.6 Å². The molecule has 0 atom stereocenters. The first kappa shape index (κ1) is 20.9. The van der Waals surface area contributed by atoms with Crippen molar-refractivity contribution in [1.29, 1.82) is 0 Å². The van der Waals surface area contributed by atoms with Crippen molar-refractivity contribution in [1.82, 2.24) is 9.55 Å². The predicted octanol–water partition coefficient (Wildman–Crippen LogP) is 9.37. The third-order valence-electron chi connectivity index (χ3n) is 4.27. The Morgan fingerprint density at radius 1 is 0.815 bits per heavy atom. The summed E-state index contributed by atoms with van der Waals surface area (Å²) in [6.45, 7) is 0. The van der Waals surface area contributed by atoms with Gasteiger partial charge in [-0.3, -0.25) is 4.57 Å². The number of halogens is 5. The topological polar surface area (TPSA) is 20.7 Å². The van der Waals surface area contributed by atoms with Crippen LogP contribution in [0, 0.1) is 0 Å². The first-order valence-corrected chi connectivity index (χ1v) is 14.1. The maximum atomic E-state index is 3.88. The van der Waals surface area contributed by atoms with Gasteiger partial charge in [-0.15, -0.1) is 23.5 Å². The van der Waals surface area contributed by atoms with Crippen molar-refractivity contribution in [3.63, 3.8) is 0 Å². The zero-order chi connectivity index (χ0) is 19.5. The van der Waals surface area contributed by atoms with Gasteiger partial charge in [-0.25, -0.2) is 0 Å². The van der Waals surface area contributed by atoms with E-state index >= 15 is 0 Å². The van der Waals surface area contributed by atoms with Crippen molar-refractivity contribution < 1.29 is 0 Å². The number of aromatic nitrogens is 2. The number of nitrogens with zero attached hydrogens (tertiary/aromatic N) is 1. The fourth-order valence-electron chi connectivity index (χ4n) is 3.25. The molecule has 27 heavy (non-hydrogen) atoms. The summed E-state index contributed by atoms with van der Waals surface area (Å²) in [7, 11) is 0. The fourth-order valence-corrected chi connectivity index (χ4v) is 8.52. The summed E-state index contributed by atoms with van der Waals surface area (Å²) in [5, 5.41) is 3.47. The molecule has 4 aromatic rings. The zero-order valence-corrected chi connectivity index (χ0v) is 23.5. The van der Waals surface area contributed by atoms with E-state index in [-0.39, 0.29) is 0 Å². The Morgan fingerprint density at radius 3 is 2.07 bits per heavy atom. The second-order valence-corrected chi connectivity index (χ2v) is 11.7. The van der Waals surface area contributed by atoms with E-state index in [1.807, 2.05) is 0 Å². The van der Waals surface area contributed by atoms with Crippen LogP contribution in [0.3, 0.4) is 0 Å². The fraction of sp³-hybridized carbons (Fsp3) is 0.111. The molecule has 0 aliphatic rings. The van der Waals surface area contributed by atoms with Gasteiger partial charge in [0.2, 0.25) is 0 Å². The normalized spacial score (nSPS) is 11.8. The van der Waals surface area contributed by atoms with Crippen molar-refractivity contribution in [2.24, 2.45) is 0 Å². The van der Waals surface area contributed by atoms with E-state index in [2.05, 4.69) is 126 Å². The van der Waals surface area contributed by atoms with Crippen LogP contribution in [0.25, 0.3) is 27.5 Å². The molecule has 0 saturated heterocycles. The average molecular weight is 719 g/mol. The minimum Gasteiger partial charge on any atom is -0.348 e. The highest BCUT2D eigenvalue weighted by molar-refractivity contribution is 9.11. The molecule has 0 radical (unpaired) electrons. The molecule has 9 heteroatoms. The molecule has 0 saturated carbocycles. The Morgan fingerprint density at radius 2 is 1.44 bits per heavy atom. The molecule has 2 heterocycles. The van der Waals surface area contributed by atoms with Gasteiger partial charge < -0.3 is 4.98 Å². The predicted molar refractivity (Wildman–Crippen MR) is 137 cm³/mol. The van der Waals surface area contributed by atoms with E-state index in [0.717, 1.165) is 49.6 Å². The van der Waals surface area contributed by atoms with Gasteiger partial charge in [0.05, 0.1) is 21.7 Å². The van der Waals surface area contributed by atoms with E-state index in [1.165, 1.54) is 10.3 Å². The number of aromatic amines is 1. The SMILES string of the molecule is CSc1[nH]c2cc(Br)cc(Br)c2c1-n1c(Br)c(SC)c2c(Br)cc(Br)cc21. The minimum atomic E-state index is 1.04. The number of benzene rings is 2.